The van der Waals surface area contributed by atoms with Crippen molar-refractivity contribution >= 4 is 5.96 Å². The fourth-order valence-corrected chi connectivity index (χ4v) is 2.15. The van der Waals surface area contributed by atoms with Crippen molar-refractivity contribution in [2.45, 2.75) is 46.6 Å². The van der Waals surface area contributed by atoms with E-state index < -0.39 is 0 Å². The summed E-state index contributed by atoms with van der Waals surface area (Å²) >= 11 is 0. The molecule has 0 bridgehead atoms. The maximum Gasteiger partial charge on any atom is 0.205 e. The number of nitrogens with two attached hydrogens (primary N) is 1. The van der Waals surface area contributed by atoms with Gasteiger partial charge in [0.15, 0.2) is 0 Å². The van der Waals surface area contributed by atoms with E-state index in [1.165, 1.54) is 12.8 Å². The zero-order valence-electron chi connectivity index (χ0n) is 11.0. The normalized spacial score (nSPS) is 30.9. The Morgan fingerprint density at radius 1 is 1.38 bits per heavy atom. The molecular weight excluding hydrogens is 200 g/mol. The lowest BCUT2D eigenvalue weighted by Gasteiger charge is -2.21. The van der Waals surface area contributed by atoms with Crippen LogP contribution in [0.2, 0.25) is 0 Å². The number of rotatable bonds is 3. The molecular formula is C12H26N4. The lowest BCUT2D eigenvalue weighted by Crippen LogP contribution is -2.47. The molecule has 4 heteroatoms. The first kappa shape index (κ1) is 13.3. The van der Waals surface area contributed by atoms with Gasteiger partial charge < -0.3 is 5.32 Å². The van der Waals surface area contributed by atoms with Crippen LogP contribution in [0.1, 0.15) is 40.5 Å². The second-order valence-corrected chi connectivity index (χ2v) is 5.39. The van der Waals surface area contributed by atoms with Crippen LogP contribution in [-0.4, -0.2) is 18.5 Å². The van der Waals surface area contributed by atoms with Gasteiger partial charge >= 0.3 is 0 Å². The van der Waals surface area contributed by atoms with E-state index in [2.05, 4.69) is 43.4 Å². The number of hydrogen-bond acceptors (Lipinski definition) is 2. The lowest BCUT2D eigenvalue weighted by atomic mass is 9.98. The third-order valence-corrected chi connectivity index (χ3v) is 3.54. The quantitative estimate of drug-likeness (QED) is 0.296. The summed E-state index contributed by atoms with van der Waals surface area (Å²) in [6.07, 6.45) is 2.51. The Morgan fingerprint density at radius 2 is 2.06 bits per heavy atom. The van der Waals surface area contributed by atoms with E-state index in [1.807, 2.05) is 0 Å². The summed E-state index contributed by atoms with van der Waals surface area (Å²) in [5.41, 5.74) is 2.66. The van der Waals surface area contributed by atoms with E-state index in [4.69, 9.17) is 5.84 Å². The highest BCUT2D eigenvalue weighted by molar-refractivity contribution is 5.79. The van der Waals surface area contributed by atoms with Crippen LogP contribution in [0.5, 0.6) is 0 Å². The van der Waals surface area contributed by atoms with E-state index in [9.17, 15) is 0 Å². The van der Waals surface area contributed by atoms with Crippen molar-refractivity contribution in [2.24, 2.45) is 28.6 Å². The van der Waals surface area contributed by atoms with Gasteiger partial charge in [-0.2, -0.15) is 0 Å². The highest BCUT2D eigenvalue weighted by Gasteiger charge is 2.30. The van der Waals surface area contributed by atoms with Gasteiger partial charge in [-0.15, -0.1) is 0 Å². The summed E-state index contributed by atoms with van der Waals surface area (Å²) in [6.45, 7) is 9.72. The predicted octanol–water partition coefficient (Wildman–Crippen LogP) is 1.49. The van der Waals surface area contributed by atoms with Gasteiger partial charge in [0.25, 0.3) is 0 Å². The van der Waals surface area contributed by atoms with E-state index in [0.29, 0.717) is 17.9 Å². The van der Waals surface area contributed by atoms with Crippen molar-refractivity contribution < 1.29 is 0 Å². The number of hydrazine groups is 1. The third kappa shape index (κ3) is 3.67. The van der Waals surface area contributed by atoms with E-state index in [1.54, 1.807) is 0 Å². The molecule has 0 radical (unpaired) electrons. The van der Waals surface area contributed by atoms with Crippen LogP contribution < -0.4 is 16.6 Å². The van der Waals surface area contributed by atoms with Crippen LogP contribution >= 0.6 is 0 Å². The molecule has 0 aliphatic heterocycles. The Labute approximate surface area is 99.1 Å². The summed E-state index contributed by atoms with van der Waals surface area (Å²) < 4.78 is 0. The molecule has 3 unspecified atom stereocenters. The Bertz CT molecular complexity index is 237. The average molecular weight is 226 g/mol. The van der Waals surface area contributed by atoms with Crippen molar-refractivity contribution in [3.8, 4) is 0 Å². The maximum absolute atomic E-state index is 5.47. The molecule has 16 heavy (non-hydrogen) atoms. The first-order valence-corrected chi connectivity index (χ1v) is 6.32. The third-order valence-electron chi connectivity index (χ3n) is 3.54. The predicted molar refractivity (Wildman–Crippen MR) is 68.9 cm³/mol. The highest BCUT2D eigenvalue weighted by Crippen LogP contribution is 2.30. The molecule has 0 saturated heterocycles. The van der Waals surface area contributed by atoms with Gasteiger partial charge in [-0.05, 0) is 30.6 Å². The van der Waals surface area contributed by atoms with Crippen LogP contribution in [0.4, 0.5) is 0 Å². The van der Waals surface area contributed by atoms with Crippen molar-refractivity contribution in [2.75, 3.05) is 6.54 Å². The fourth-order valence-electron chi connectivity index (χ4n) is 2.15. The van der Waals surface area contributed by atoms with Crippen LogP contribution in [0.15, 0.2) is 4.99 Å². The van der Waals surface area contributed by atoms with Gasteiger partial charge in [-0.3, -0.25) is 10.4 Å². The lowest BCUT2D eigenvalue weighted by molar-refractivity contribution is 0.400. The molecule has 1 aliphatic rings. The van der Waals surface area contributed by atoms with Crippen LogP contribution in [-0.2, 0) is 0 Å². The van der Waals surface area contributed by atoms with Gasteiger partial charge in [-0.25, -0.2) is 5.84 Å². The highest BCUT2D eigenvalue weighted by atomic mass is 15.3. The molecule has 0 aromatic heterocycles. The SMILES string of the molecule is CC(C)CN=C(NN)NC1CCC(C)C1C. The van der Waals surface area contributed by atoms with Crippen molar-refractivity contribution in [3.05, 3.63) is 0 Å². The summed E-state index contributed by atoms with van der Waals surface area (Å²) in [4.78, 5) is 4.43. The van der Waals surface area contributed by atoms with Crippen LogP contribution in [0.25, 0.3) is 0 Å². The monoisotopic (exact) mass is 226 g/mol. The van der Waals surface area contributed by atoms with Gasteiger partial charge in [-0.1, -0.05) is 27.7 Å². The molecule has 4 nitrogen and oxygen atoms in total. The molecule has 0 aromatic carbocycles. The Hall–Kier alpha value is -0.770. The molecule has 1 saturated carbocycles. The topological polar surface area (TPSA) is 62.4 Å². The smallest absolute Gasteiger partial charge is 0.205 e. The summed E-state index contributed by atoms with van der Waals surface area (Å²) in [5.74, 6) is 8.26. The van der Waals surface area contributed by atoms with Gasteiger partial charge in [0.1, 0.15) is 0 Å². The van der Waals surface area contributed by atoms with Crippen molar-refractivity contribution in [1.82, 2.24) is 10.7 Å². The zero-order chi connectivity index (χ0) is 12.1. The number of nitrogens with one attached hydrogen (secondary N) is 2. The molecule has 4 N–H and O–H groups in total. The van der Waals surface area contributed by atoms with Gasteiger partial charge in [0, 0.05) is 12.6 Å². The second kappa shape index (κ2) is 6.09. The number of nitrogens with zero attached hydrogens (tertiary/aromatic N) is 1. The first-order valence-electron chi connectivity index (χ1n) is 6.32. The summed E-state index contributed by atoms with van der Waals surface area (Å²) in [7, 11) is 0. The maximum atomic E-state index is 5.47. The van der Waals surface area contributed by atoms with Gasteiger partial charge in [0.2, 0.25) is 5.96 Å². The Kier molecular flexibility index (Phi) is 5.06. The first-order chi connectivity index (χ1) is 7.54. The number of hydrogen-bond donors (Lipinski definition) is 3. The molecule has 0 aromatic rings. The summed E-state index contributed by atoms with van der Waals surface area (Å²) in [6, 6.07) is 0.511. The van der Waals surface area contributed by atoms with Gasteiger partial charge in [0.05, 0.1) is 0 Å². The van der Waals surface area contributed by atoms with Crippen LogP contribution in [0.3, 0.4) is 0 Å². The van der Waals surface area contributed by atoms with E-state index in [0.717, 1.165) is 18.4 Å². The zero-order valence-corrected chi connectivity index (χ0v) is 11.0. The minimum Gasteiger partial charge on any atom is -0.352 e. The molecule has 0 heterocycles. The molecule has 0 amide bonds. The minimum absolute atomic E-state index is 0.511. The Morgan fingerprint density at radius 3 is 2.50 bits per heavy atom. The van der Waals surface area contributed by atoms with Crippen LogP contribution in [0, 0.1) is 17.8 Å². The second-order valence-electron chi connectivity index (χ2n) is 5.39. The van der Waals surface area contributed by atoms with E-state index >= 15 is 0 Å². The van der Waals surface area contributed by atoms with E-state index in [-0.39, 0.29) is 0 Å². The average Bonchev–Trinajstić information content (AvgIpc) is 2.55. The molecule has 1 aliphatic carbocycles. The Balaban J connectivity index is 2.47. The van der Waals surface area contributed by atoms with Crippen molar-refractivity contribution in [1.29, 1.82) is 0 Å². The molecule has 94 valence electrons. The number of guanidine groups is 1. The largest absolute Gasteiger partial charge is 0.352 e. The number of aliphatic imine (C=N–C) groups is 1. The van der Waals surface area contributed by atoms with Crippen molar-refractivity contribution in [3.63, 3.8) is 0 Å². The molecule has 3 atom stereocenters. The fraction of sp³-hybridized carbons (Fsp3) is 0.917. The molecule has 1 fully saturated rings. The summed E-state index contributed by atoms with van der Waals surface area (Å²) in [5, 5.41) is 3.42. The molecule has 1 rings (SSSR count). The minimum atomic E-state index is 0.511. The molecule has 0 spiro atoms. The standard InChI is InChI=1S/C12H26N4/c1-8(2)7-14-12(16-13)15-11-6-5-9(3)10(11)4/h8-11H,5-7,13H2,1-4H3,(H2,14,15,16).